The van der Waals surface area contributed by atoms with E-state index in [1.165, 1.54) is 17.3 Å². The number of aromatic nitrogens is 4. The zero-order chi connectivity index (χ0) is 18.5. The summed E-state index contributed by atoms with van der Waals surface area (Å²) in [5, 5.41) is 12.2. The van der Waals surface area contributed by atoms with Crippen molar-refractivity contribution < 1.29 is 4.79 Å². The van der Waals surface area contributed by atoms with Gasteiger partial charge in [-0.1, -0.05) is 29.5 Å². The molecule has 7 heteroatoms. The Bertz CT molecular complexity index is 875. The molecule has 134 valence electrons. The largest absolute Gasteiger partial charge is 0.353 e. The predicted molar refractivity (Wildman–Crippen MR) is 103 cm³/mol. The fourth-order valence-electron chi connectivity index (χ4n) is 2.47. The summed E-state index contributed by atoms with van der Waals surface area (Å²) in [6.45, 7) is 5.93. The van der Waals surface area contributed by atoms with Crippen LogP contribution in [-0.2, 0) is 4.79 Å². The maximum absolute atomic E-state index is 12.0. The van der Waals surface area contributed by atoms with Crippen molar-refractivity contribution in [3.05, 3.63) is 54.4 Å². The molecule has 0 atom stereocenters. The molecule has 2 aromatic heterocycles. The van der Waals surface area contributed by atoms with Gasteiger partial charge in [0.25, 0.3) is 0 Å². The van der Waals surface area contributed by atoms with Gasteiger partial charge >= 0.3 is 0 Å². The van der Waals surface area contributed by atoms with E-state index in [-0.39, 0.29) is 11.9 Å². The minimum Gasteiger partial charge on any atom is -0.353 e. The molecule has 1 aromatic carbocycles. The van der Waals surface area contributed by atoms with Gasteiger partial charge < -0.3 is 5.32 Å². The van der Waals surface area contributed by atoms with E-state index >= 15 is 0 Å². The molecule has 1 amide bonds. The van der Waals surface area contributed by atoms with Gasteiger partial charge in [0.1, 0.15) is 0 Å². The summed E-state index contributed by atoms with van der Waals surface area (Å²) >= 11 is 1.37. The van der Waals surface area contributed by atoms with Crippen molar-refractivity contribution in [3.8, 4) is 17.1 Å². The molecule has 26 heavy (non-hydrogen) atoms. The Morgan fingerprint density at radius 3 is 2.46 bits per heavy atom. The second-order valence-corrected chi connectivity index (χ2v) is 7.17. The van der Waals surface area contributed by atoms with Crippen LogP contribution in [0.3, 0.4) is 0 Å². The van der Waals surface area contributed by atoms with Gasteiger partial charge in [-0.05, 0) is 45.0 Å². The average molecular weight is 367 g/mol. The SMILES string of the molecule is Cc1ccc(-n2c(SCC(=O)NC(C)C)nnc2-c2ccncc2)cc1. The number of hydrogen-bond donors (Lipinski definition) is 1. The van der Waals surface area contributed by atoms with Crippen molar-refractivity contribution in [2.24, 2.45) is 0 Å². The molecule has 0 fully saturated rings. The van der Waals surface area contributed by atoms with Crippen LogP contribution in [0.2, 0.25) is 0 Å². The third kappa shape index (κ3) is 4.29. The Morgan fingerprint density at radius 2 is 1.81 bits per heavy atom. The second kappa shape index (κ2) is 8.14. The third-order valence-corrected chi connectivity index (χ3v) is 4.58. The number of hydrogen-bond acceptors (Lipinski definition) is 5. The lowest BCUT2D eigenvalue weighted by molar-refractivity contribution is -0.119. The summed E-state index contributed by atoms with van der Waals surface area (Å²) in [6, 6.07) is 12.1. The van der Waals surface area contributed by atoms with Crippen LogP contribution in [0.5, 0.6) is 0 Å². The molecule has 0 radical (unpaired) electrons. The van der Waals surface area contributed by atoms with Crippen LogP contribution in [0.1, 0.15) is 19.4 Å². The lowest BCUT2D eigenvalue weighted by Gasteiger charge is -2.11. The van der Waals surface area contributed by atoms with Gasteiger partial charge in [-0.15, -0.1) is 10.2 Å². The maximum Gasteiger partial charge on any atom is 0.230 e. The molecule has 6 nitrogen and oxygen atoms in total. The lowest BCUT2D eigenvalue weighted by Crippen LogP contribution is -2.31. The van der Waals surface area contributed by atoms with Gasteiger partial charge in [-0.3, -0.25) is 14.3 Å². The Balaban J connectivity index is 1.95. The molecule has 0 saturated heterocycles. The summed E-state index contributed by atoms with van der Waals surface area (Å²) in [4.78, 5) is 16.1. The molecule has 1 N–H and O–H groups in total. The van der Waals surface area contributed by atoms with E-state index in [2.05, 4.69) is 20.5 Å². The fraction of sp³-hybridized carbons (Fsp3) is 0.263. The van der Waals surface area contributed by atoms with Crippen LogP contribution in [0.25, 0.3) is 17.1 Å². The number of rotatable bonds is 6. The molecule has 3 rings (SSSR count). The maximum atomic E-state index is 12.0. The van der Waals surface area contributed by atoms with Crippen LogP contribution in [0, 0.1) is 6.92 Å². The Labute approximate surface area is 157 Å². The summed E-state index contributed by atoms with van der Waals surface area (Å²) < 4.78 is 1.97. The van der Waals surface area contributed by atoms with Crippen LogP contribution in [0.15, 0.2) is 53.9 Å². The van der Waals surface area contributed by atoms with Crippen LogP contribution in [0.4, 0.5) is 0 Å². The highest BCUT2D eigenvalue weighted by molar-refractivity contribution is 7.99. The summed E-state index contributed by atoms with van der Waals surface area (Å²) in [6.07, 6.45) is 3.46. The first-order chi connectivity index (χ1) is 12.5. The number of carbonyl (C=O) groups is 1. The number of pyridine rings is 1. The number of aryl methyl sites for hydroxylation is 1. The van der Waals surface area contributed by atoms with Crippen molar-refractivity contribution in [1.29, 1.82) is 0 Å². The standard InChI is InChI=1S/C19H21N5OS/c1-13(2)21-17(25)12-26-19-23-22-18(15-8-10-20-11-9-15)24(19)16-6-4-14(3)5-7-16/h4-11,13H,12H2,1-3H3,(H,21,25). The zero-order valence-corrected chi connectivity index (χ0v) is 15.8. The fourth-order valence-corrected chi connectivity index (χ4v) is 3.23. The Hall–Kier alpha value is -2.67. The highest BCUT2D eigenvalue weighted by Gasteiger charge is 2.17. The van der Waals surface area contributed by atoms with Gasteiger partial charge in [0, 0.05) is 29.7 Å². The molecule has 0 aliphatic rings. The molecule has 0 bridgehead atoms. The quantitative estimate of drug-likeness (QED) is 0.677. The van der Waals surface area contributed by atoms with E-state index in [9.17, 15) is 4.79 Å². The highest BCUT2D eigenvalue weighted by Crippen LogP contribution is 2.27. The molecule has 2 heterocycles. The molecular formula is C19H21N5OS. The van der Waals surface area contributed by atoms with Gasteiger partial charge in [-0.25, -0.2) is 0 Å². The normalized spacial score (nSPS) is 10.9. The number of benzene rings is 1. The van der Waals surface area contributed by atoms with Crippen molar-refractivity contribution in [1.82, 2.24) is 25.1 Å². The molecule has 0 aliphatic heterocycles. The number of nitrogens with zero attached hydrogens (tertiary/aromatic N) is 4. The minimum atomic E-state index is -0.0195. The number of carbonyl (C=O) groups excluding carboxylic acids is 1. The molecule has 0 saturated carbocycles. The van der Waals surface area contributed by atoms with E-state index in [1.54, 1.807) is 12.4 Å². The molecule has 0 unspecified atom stereocenters. The molecule has 0 spiro atoms. The van der Waals surface area contributed by atoms with Crippen molar-refractivity contribution >= 4 is 17.7 Å². The molecule has 0 aliphatic carbocycles. The van der Waals surface area contributed by atoms with Crippen LogP contribution < -0.4 is 5.32 Å². The smallest absolute Gasteiger partial charge is 0.230 e. The van der Waals surface area contributed by atoms with E-state index < -0.39 is 0 Å². The highest BCUT2D eigenvalue weighted by atomic mass is 32.2. The van der Waals surface area contributed by atoms with Crippen molar-refractivity contribution in [3.63, 3.8) is 0 Å². The number of thioether (sulfide) groups is 1. The van der Waals surface area contributed by atoms with E-state index in [1.807, 2.05) is 61.7 Å². The van der Waals surface area contributed by atoms with E-state index in [0.717, 1.165) is 17.1 Å². The third-order valence-electron chi connectivity index (χ3n) is 3.65. The van der Waals surface area contributed by atoms with Gasteiger partial charge in [0.05, 0.1) is 5.75 Å². The second-order valence-electron chi connectivity index (χ2n) is 6.22. The molecule has 3 aromatic rings. The first-order valence-corrected chi connectivity index (χ1v) is 9.38. The molecular weight excluding hydrogens is 346 g/mol. The first-order valence-electron chi connectivity index (χ1n) is 8.39. The van der Waals surface area contributed by atoms with Crippen LogP contribution >= 0.6 is 11.8 Å². The minimum absolute atomic E-state index is 0.0195. The van der Waals surface area contributed by atoms with Crippen molar-refractivity contribution in [2.45, 2.75) is 32.0 Å². The summed E-state index contributed by atoms with van der Waals surface area (Å²) in [5.74, 6) is 0.996. The zero-order valence-electron chi connectivity index (χ0n) is 15.0. The predicted octanol–water partition coefficient (Wildman–Crippen LogP) is 3.25. The number of amides is 1. The van der Waals surface area contributed by atoms with Crippen molar-refractivity contribution in [2.75, 3.05) is 5.75 Å². The lowest BCUT2D eigenvalue weighted by atomic mass is 10.2. The average Bonchev–Trinajstić information content (AvgIpc) is 3.05. The van der Waals surface area contributed by atoms with E-state index in [4.69, 9.17) is 0 Å². The Kier molecular flexibility index (Phi) is 5.68. The first kappa shape index (κ1) is 18.1. The summed E-state index contributed by atoms with van der Waals surface area (Å²) in [7, 11) is 0. The van der Waals surface area contributed by atoms with Gasteiger partial charge in [0.2, 0.25) is 5.91 Å². The monoisotopic (exact) mass is 367 g/mol. The topological polar surface area (TPSA) is 72.7 Å². The summed E-state index contributed by atoms with van der Waals surface area (Å²) in [5.41, 5.74) is 3.06. The van der Waals surface area contributed by atoms with Gasteiger partial charge in [0.15, 0.2) is 11.0 Å². The number of nitrogens with one attached hydrogen (secondary N) is 1. The Morgan fingerprint density at radius 1 is 1.12 bits per heavy atom. The van der Waals surface area contributed by atoms with Gasteiger partial charge in [-0.2, -0.15) is 0 Å². The van der Waals surface area contributed by atoms with E-state index in [0.29, 0.717) is 10.9 Å². The van der Waals surface area contributed by atoms with Crippen LogP contribution in [-0.4, -0.2) is 37.5 Å².